The molecule has 2 N–H and O–H groups in total. The number of para-hydroxylation sites is 1. The van der Waals surface area contributed by atoms with Crippen LogP contribution >= 0.6 is 11.6 Å². The summed E-state index contributed by atoms with van der Waals surface area (Å²) in [6.45, 7) is 0. The molecular weight excluding hydrogens is 360 g/mol. The van der Waals surface area contributed by atoms with Gasteiger partial charge in [0.2, 0.25) is 5.91 Å². The number of aromatic nitrogens is 3. The fourth-order valence-corrected chi connectivity index (χ4v) is 3.70. The van der Waals surface area contributed by atoms with E-state index in [-0.39, 0.29) is 12.3 Å². The largest absolute Gasteiger partial charge is 0.361 e. The number of aromatic amines is 1. The van der Waals surface area contributed by atoms with Gasteiger partial charge < -0.3 is 10.3 Å². The van der Waals surface area contributed by atoms with Crippen molar-refractivity contribution in [2.24, 2.45) is 0 Å². The first-order valence-electron chi connectivity index (χ1n) is 8.67. The molecule has 0 aliphatic carbocycles. The van der Waals surface area contributed by atoms with Gasteiger partial charge in [-0.15, -0.1) is 0 Å². The number of nitrogens with one attached hydrogen (secondary N) is 2. The van der Waals surface area contributed by atoms with E-state index in [1.165, 1.54) is 0 Å². The van der Waals surface area contributed by atoms with Crippen LogP contribution in [0.1, 0.15) is 17.0 Å². The average molecular weight is 375 g/mol. The van der Waals surface area contributed by atoms with Gasteiger partial charge in [0.15, 0.2) is 0 Å². The fourth-order valence-electron chi connectivity index (χ4n) is 3.53. The first-order valence-corrected chi connectivity index (χ1v) is 9.05. The lowest BCUT2D eigenvalue weighted by Gasteiger charge is -2.10. The Hall–Kier alpha value is -3.18. The zero-order valence-electron chi connectivity index (χ0n) is 14.3. The average Bonchev–Trinajstić information content (AvgIpc) is 3.01. The van der Waals surface area contributed by atoms with Gasteiger partial charge >= 0.3 is 0 Å². The molecule has 0 unspecified atom stereocenters. The second-order valence-electron chi connectivity index (χ2n) is 6.61. The topological polar surface area (TPSA) is 70.7 Å². The van der Waals surface area contributed by atoms with Crippen molar-refractivity contribution in [1.29, 1.82) is 0 Å². The molecule has 0 atom stereocenters. The van der Waals surface area contributed by atoms with E-state index >= 15 is 0 Å². The molecule has 1 aliphatic heterocycles. The Morgan fingerprint density at radius 3 is 2.96 bits per heavy atom. The Bertz CT molecular complexity index is 1200. The number of hydrogen-bond acceptors (Lipinski definition) is 3. The minimum atomic E-state index is -0.0784. The zero-order valence-corrected chi connectivity index (χ0v) is 15.0. The maximum Gasteiger partial charge on any atom is 0.228 e. The van der Waals surface area contributed by atoms with Crippen LogP contribution in [0.4, 0.5) is 5.69 Å². The van der Waals surface area contributed by atoms with Crippen LogP contribution < -0.4 is 5.32 Å². The molecule has 27 heavy (non-hydrogen) atoms. The van der Waals surface area contributed by atoms with Crippen molar-refractivity contribution >= 4 is 34.1 Å². The summed E-state index contributed by atoms with van der Waals surface area (Å²) < 4.78 is 0. The summed E-state index contributed by atoms with van der Waals surface area (Å²) in [5.41, 5.74) is 5.34. The predicted octanol–water partition coefficient (Wildman–Crippen LogP) is 4.36. The molecule has 1 aliphatic rings. The second kappa shape index (κ2) is 6.21. The number of nitrogens with zero attached hydrogens (tertiary/aromatic N) is 2. The number of halogens is 1. The second-order valence-corrected chi connectivity index (χ2v) is 7.05. The lowest BCUT2D eigenvalue weighted by atomic mass is 10.0. The highest BCUT2D eigenvalue weighted by atomic mass is 35.5. The number of anilines is 1. The normalized spacial score (nSPS) is 13.0. The summed E-state index contributed by atoms with van der Waals surface area (Å²) in [5, 5.41) is 4.68. The van der Waals surface area contributed by atoms with Crippen LogP contribution in [0.5, 0.6) is 0 Å². The van der Waals surface area contributed by atoms with Crippen LogP contribution in [-0.2, 0) is 17.6 Å². The van der Waals surface area contributed by atoms with Crippen LogP contribution in [0.15, 0.2) is 54.9 Å². The van der Waals surface area contributed by atoms with E-state index in [1.807, 2.05) is 36.5 Å². The molecule has 2 aromatic carbocycles. The molecule has 6 heteroatoms. The lowest BCUT2D eigenvalue weighted by molar-refractivity contribution is -0.115. The standard InChI is InChI=1S/C21H15ClN4O/c22-14-5-6-18-16(9-14)21-13(8-20(27)25-18)11-24-19(26-21)7-12-10-23-17-4-2-1-3-15(12)17/h1-6,9-11,23H,7-8H2,(H,25,27). The number of hydrogen-bond donors (Lipinski definition) is 2. The molecule has 3 heterocycles. The van der Waals surface area contributed by atoms with Crippen molar-refractivity contribution < 1.29 is 4.79 Å². The maximum absolute atomic E-state index is 12.2. The van der Waals surface area contributed by atoms with Crippen molar-refractivity contribution in [3.05, 3.63) is 76.8 Å². The van der Waals surface area contributed by atoms with Gasteiger partial charge in [0.25, 0.3) is 0 Å². The molecule has 5 rings (SSSR count). The number of benzene rings is 2. The minimum Gasteiger partial charge on any atom is -0.361 e. The molecule has 0 radical (unpaired) electrons. The summed E-state index contributed by atoms with van der Waals surface area (Å²) in [4.78, 5) is 24.8. The highest BCUT2D eigenvalue weighted by molar-refractivity contribution is 6.31. The van der Waals surface area contributed by atoms with Gasteiger partial charge in [0.1, 0.15) is 5.82 Å². The van der Waals surface area contributed by atoms with E-state index in [0.29, 0.717) is 17.3 Å². The number of rotatable bonds is 2. The predicted molar refractivity (Wildman–Crippen MR) is 106 cm³/mol. The minimum absolute atomic E-state index is 0.0784. The Balaban J connectivity index is 1.61. The molecule has 0 saturated carbocycles. The third kappa shape index (κ3) is 2.86. The van der Waals surface area contributed by atoms with Gasteiger partial charge in [-0.1, -0.05) is 29.8 Å². The third-order valence-electron chi connectivity index (χ3n) is 4.80. The monoisotopic (exact) mass is 374 g/mol. The Kier molecular flexibility index (Phi) is 3.69. The summed E-state index contributed by atoms with van der Waals surface area (Å²) in [6, 6.07) is 13.6. The number of carbonyl (C=O) groups is 1. The molecule has 0 fully saturated rings. The number of amides is 1. The van der Waals surface area contributed by atoms with E-state index in [4.69, 9.17) is 16.6 Å². The smallest absolute Gasteiger partial charge is 0.228 e. The highest BCUT2D eigenvalue weighted by Crippen LogP contribution is 2.34. The maximum atomic E-state index is 12.2. The zero-order chi connectivity index (χ0) is 18.4. The first kappa shape index (κ1) is 16.0. The number of H-pyrrole nitrogens is 1. The summed E-state index contributed by atoms with van der Waals surface area (Å²) in [7, 11) is 0. The van der Waals surface area contributed by atoms with Crippen LogP contribution in [0.3, 0.4) is 0 Å². The van der Waals surface area contributed by atoms with Crippen molar-refractivity contribution in [3.8, 4) is 11.3 Å². The molecule has 1 amide bonds. The van der Waals surface area contributed by atoms with E-state index in [0.717, 1.165) is 39.0 Å². The van der Waals surface area contributed by atoms with Gasteiger partial charge in [0, 0.05) is 45.9 Å². The van der Waals surface area contributed by atoms with Crippen LogP contribution in [-0.4, -0.2) is 20.9 Å². The van der Waals surface area contributed by atoms with E-state index < -0.39 is 0 Å². The molecule has 0 spiro atoms. The molecule has 4 aromatic rings. The molecule has 5 nitrogen and oxygen atoms in total. The summed E-state index contributed by atoms with van der Waals surface area (Å²) in [5.74, 6) is 0.629. The Labute approximate surface area is 160 Å². The number of fused-ring (bicyclic) bond motifs is 4. The molecule has 2 aromatic heterocycles. The Morgan fingerprint density at radius 2 is 2.04 bits per heavy atom. The van der Waals surface area contributed by atoms with Gasteiger partial charge in [-0.3, -0.25) is 4.79 Å². The molecule has 132 valence electrons. The molecule has 0 bridgehead atoms. The first-order chi connectivity index (χ1) is 13.2. The van der Waals surface area contributed by atoms with Crippen molar-refractivity contribution in [2.45, 2.75) is 12.8 Å². The highest BCUT2D eigenvalue weighted by Gasteiger charge is 2.21. The van der Waals surface area contributed by atoms with Gasteiger partial charge in [-0.05, 0) is 29.8 Å². The van der Waals surface area contributed by atoms with Crippen molar-refractivity contribution in [1.82, 2.24) is 15.0 Å². The number of carbonyl (C=O) groups excluding carboxylic acids is 1. The van der Waals surface area contributed by atoms with Crippen molar-refractivity contribution in [3.63, 3.8) is 0 Å². The van der Waals surface area contributed by atoms with E-state index in [2.05, 4.69) is 21.4 Å². The van der Waals surface area contributed by atoms with E-state index in [1.54, 1.807) is 12.3 Å². The SMILES string of the molecule is O=C1Cc2cnc(Cc3c[nH]c4ccccc34)nc2-c2cc(Cl)ccc2N1. The van der Waals surface area contributed by atoms with Crippen LogP contribution in [0.2, 0.25) is 5.02 Å². The summed E-state index contributed by atoms with van der Waals surface area (Å²) in [6.07, 6.45) is 4.60. The van der Waals surface area contributed by atoms with Crippen molar-refractivity contribution in [2.75, 3.05) is 5.32 Å². The van der Waals surface area contributed by atoms with Gasteiger partial charge in [0.05, 0.1) is 17.8 Å². The molecular formula is C21H15ClN4O. The third-order valence-corrected chi connectivity index (χ3v) is 5.03. The Morgan fingerprint density at radius 1 is 1.15 bits per heavy atom. The fraction of sp³-hybridized carbons (Fsp3) is 0.0952. The van der Waals surface area contributed by atoms with E-state index in [9.17, 15) is 4.79 Å². The van der Waals surface area contributed by atoms with Crippen LogP contribution in [0, 0.1) is 0 Å². The lowest BCUT2D eigenvalue weighted by Crippen LogP contribution is -2.12. The van der Waals surface area contributed by atoms with Gasteiger partial charge in [-0.2, -0.15) is 0 Å². The summed E-state index contributed by atoms with van der Waals surface area (Å²) >= 11 is 6.19. The molecule has 0 saturated heterocycles. The van der Waals surface area contributed by atoms with Gasteiger partial charge in [-0.25, -0.2) is 9.97 Å². The van der Waals surface area contributed by atoms with Crippen LogP contribution in [0.25, 0.3) is 22.2 Å². The quantitative estimate of drug-likeness (QED) is 0.547.